The molecule has 5 nitrogen and oxygen atoms in total. The standard InChI is InChI=1S/C16H14NO4/c18-14(11-10-13-6-2-1-3-7-13)12-21-16-9-5-4-8-15(16)17(19)20/h1-9,11H,10,12H2. The van der Waals surface area contributed by atoms with Crippen molar-refractivity contribution in [2.75, 3.05) is 6.61 Å². The average Bonchev–Trinajstić information content (AvgIpc) is 2.52. The summed E-state index contributed by atoms with van der Waals surface area (Å²) in [6.07, 6.45) is 2.03. The zero-order chi connectivity index (χ0) is 15.1. The van der Waals surface area contributed by atoms with Gasteiger partial charge >= 0.3 is 5.69 Å². The molecule has 107 valence electrons. The van der Waals surface area contributed by atoms with E-state index in [-0.39, 0.29) is 23.8 Å². The topological polar surface area (TPSA) is 69.4 Å². The van der Waals surface area contributed by atoms with Gasteiger partial charge in [0.1, 0.15) is 6.61 Å². The molecule has 2 aromatic rings. The summed E-state index contributed by atoms with van der Waals surface area (Å²) >= 11 is 0. The lowest BCUT2D eigenvalue weighted by molar-refractivity contribution is -0.385. The Hall–Kier alpha value is -2.69. The second kappa shape index (κ2) is 7.19. The molecule has 0 unspecified atom stereocenters. The van der Waals surface area contributed by atoms with Crippen molar-refractivity contribution in [1.29, 1.82) is 0 Å². The van der Waals surface area contributed by atoms with Gasteiger partial charge < -0.3 is 4.74 Å². The maximum atomic E-state index is 11.7. The first-order chi connectivity index (χ1) is 10.2. The molecule has 0 aromatic heterocycles. The molecule has 1 radical (unpaired) electrons. The molecule has 0 aliphatic heterocycles. The predicted molar refractivity (Wildman–Crippen MR) is 78.0 cm³/mol. The van der Waals surface area contributed by atoms with Gasteiger partial charge in [0, 0.05) is 12.5 Å². The first-order valence-corrected chi connectivity index (χ1v) is 6.43. The van der Waals surface area contributed by atoms with Crippen molar-refractivity contribution in [3.05, 3.63) is 76.7 Å². The van der Waals surface area contributed by atoms with E-state index in [1.807, 2.05) is 30.3 Å². The fourth-order valence-electron chi connectivity index (χ4n) is 1.78. The van der Waals surface area contributed by atoms with Crippen LogP contribution in [0.5, 0.6) is 5.75 Å². The van der Waals surface area contributed by atoms with Gasteiger partial charge in [-0.1, -0.05) is 42.5 Å². The molecular formula is C16H14NO4. The summed E-state index contributed by atoms with van der Waals surface area (Å²) < 4.78 is 5.23. The molecule has 0 amide bonds. The molecule has 0 saturated heterocycles. The van der Waals surface area contributed by atoms with E-state index >= 15 is 0 Å². The summed E-state index contributed by atoms with van der Waals surface area (Å²) in [4.78, 5) is 22.0. The quantitative estimate of drug-likeness (QED) is 0.579. The molecule has 0 aliphatic rings. The van der Waals surface area contributed by atoms with Crippen molar-refractivity contribution in [2.45, 2.75) is 6.42 Å². The summed E-state index contributed by atoms with van der Waals surface area (Å²) in [5.74, 6) is -0.110. The number of nitrogens with zero attached hydrogens (tertiary/aromatic N) is 1. The minimum Gasteiger partial charge on any atom is -0.479 e. The Morgan fingerprint density at radius 1 is 1.10 bits per heavy atom. The fourth-order valence-corrected chi connectivity index (χ4v) is 1.78. The number of carbonyl (C=O) groups is 1. The van der Waals surface area contributed by atoms with Crippen LogP contribution in [0.25, 0.3) is 0 Å². The van der Waals surface area contributed by atoms with Crippen LogP contribution in [0.4, 0.5) is 5.69 Å². The van der Waals surface area contributed by atoms with Crippen molar-refractivity contribution < 1.29 is 14.5 Å². The molecule has 0 bridgehead atoms. The van der Waals surface area contributed by atoms with Crippen molar-refractivity contribution in [3.63, 3.8) is 0 Å². The van der Waals surface area contributed by atoms with Gasteiger partial charge in [-0.05, 0) is 18.1 Å². The highest BCUT2D eigenvalue weighted by molar-refractivity contribution is 5.88. The normalized spacial score (nSPS) is 10.1. The van der Waals surface area contributed by atoms with Crippen LogP contribution in [-0.4, -0.2) is 17.3 Å². The smallest absolute Gasteiger partial charge is 0.310 e. The average molecular weight is 284 g/mol. The molecule has 2 aromatic carbocycles. The Morgan fingerprint density at radius 2 is 1.76 bits per heavy atom. The number of benzene rings is 2. The van der Waals surface area contributed by atoms with Gasteiger partial charge in [0.2, 0.25) is 0 Å². The maximum Gasteiger partial charge on any atom is 0.310 e. The minimum atomic E-state index is -0.534. The summed E-state index contributed by atoms with van der Waals surface area (Å²) in [6, 6.07) is 15.5. The molecule has 21 heavy (non-hydrogen) atoms. The van der Waals surface area contributed by atoms with E-state index in [4.69, 9.17) is 4.74 Å². The number of carbonyl (C=O) groups excluding carboxylic acids is 1. The largest absolute Gasteiger partial charge is 0.479 e. The second-order valence-corrected chi connectivity index (χ2v) is 4.37. The Bertz CT molecular complexity index is 625. The number of nitro benzene ring substituents is 1. The zero-order valence-corrected chi connectivity index (χ0v) is 11.3. The van der Waals surface area contributed by atoms with Gasteiger partial charge in [-0.3, -0.25) is 14.9 Å². The molecule has 0 fully saturated rings. The van der Waals surface area contributed by atoms with E-state index in [9.17, 15) is 14.9 Å². The van der Waals surface area contributed by atoms with Crippen LogP contribution in [0.3, 0.4) is 0 Å². The lowest BCUT2D eigenvalue weighted by Crippen LogP contribution is -2.13. The van der Waals surface area contributed by atoms with E-state index in [0.717, 1.165) is 5.56 Å². The van der Waals surface area contributed by atoms with Crippen molar-refractivity contribution in [2.24, 2.45) is 0 Å². The van der Waals surface area contributed by atoms with Crippen LogP contribution in [-0.2, 0) is 11.2 Å². The second-order valence-electron chi connectivity index (χ2n) is 4.37. The number of ether oxygens (including phenoxy) is 1. The maximum absolute atomic E-state index is 11.7. The minimum absolute atomic E-state index is 0.101. The van der Waals surface area contributed by atoms with Gasteiger partial charge in [0.15, 0.2) is 11.5 Å². The number of nitro groups is 1. The summed E-state index contributed by atoms with van der Waals surface area (Å²) in [6.45, 7) is -0.211. The molecule has 0 saturated carbocycles. The molecule has 0 N–H and O–H groups in total. The Morgan fingerprint density at radius 3 is 2.48 bits per heavy atom. The van der Waals surface area contributed by atoms with Gasteiger partial charge in [-0.2, -0.15) is 0 Å². The number of hydrogen-bond donors (Lipinski definition) is 0. The molecule has 0 heterocycles. The van der Waals surface area contributed by atoms with Gasteiger partial charge in [-0.25, -0.2) is 0 Å². The highest BCUT2D eigenvalue weighted by Crippen LogP contribution is 2.25. The lowest BCUT2D eigenvalue weighted by atomic mass is 10.1. The number of rotatable bonds is 7. The molecular weight excluding hydrogens is 270 g/mol. The summed E-state index contributed by atoms with van der Waals surface area (Å²) in [7, 11) is 0. The van der Waals surface area contributed by atoms with E-state index < -0.39 is 4.92 Å². The van der Waals surface area contributed by atoms with Crippen LogP contribution in [0.2, 0.25) is 0 Å². The van der Waals surface area contributed by atoms with Crippen molar-refractivity contribution >= 4 is 11.5 Å². The van der Waals surface area contributed by atoms with Crippen molar-refractivity contribution in [1.82, 2.24) is 0 Å². The van der Waals surface area contributed by atoms with Crippen LogP contribution in [0.15, 0.2) is 54.6 Å². The third kappa shape index (κ3) is 4.42. The van der Waals surface area contributed by atoms with Crippen LogP contribution >= 0.6 is 0 Å². The molecule has 2 rings (SSSR count). The van der Waals surface area contributed by atoms with Crippen LogP contribution in [0, 0.1) is 16.5 Å². The summed E-state index contributed by atoms with van der Waals surface area (Å²) in [5.41, 5.74) is 0.880. The summed E-state index contributed by atoms with van der Waals surface area (Å²) in [5, 5.41) is 10.8. The molecule has 0 spiro atoms. The third-order valence-electron chi connectivity index (χ3n) is 2.84. The third-order valence-corrected chi connectivity index (χ3v) is 2.84. The highest BCUT2D eigenvalue weighted by atomic mass is 16.6. The highest BCUT2D eigenvalue weighted by Gasteiger charge is 2.14. The Kier molecular flexibility index (Phi) is 5.04. The number of Topliss-reactive ketones (excluding diaryl/α,β-unsaturated/α-hetero) is 1. The predicted octanol–water partition coefficient (Wildman–Crippen LogP) is 2.99. The lowest BCUT2D eigenvalue weighted by Gasteiger charge is -2.05. The number of hydrogen-bond acceptors (Lipinski definition) is 4. The van der Waals surface area contributed by atoms with E-state index in [0.29, 0.717) is 6.42 Å². The fraction of sp³-hybridized carbons (Fsp3) is 0.125. The first kappa shape index (κ1) is 14.7. The van der Waals surface area contributed by atoms with Gasteiger partial charge in [-0.15, -0.1) is 0 Å². The Balaban J connectivity index is 1.86. The van der Waals surface area contributed by atoms with E-state index in [1.54, 1.807) is 12.1 Å². The van der Waals surface area contributed by atoms with Crippen LogP contribution in [0.1, 0.15) is 5.56 Å². The molecule has 5 heteroatoms. The Labute approximate surface area is 122 Å². The first-order valence-electron chi connectivity index (χ1n) is 6.43. The molecule has 0 aliphatic carbocycles. The van der Waals surface area contributed by atoms with Crippen molar-refractivity contribution in [3.8, 4) is 5.75 Å². The molecule has 0 atom stereocenters. The monoisotopic (exact) mass is 284 g/mol. The zero-order valence-electron chi connectivity index (χ0n) is 11.3. The SMILES string of the molecule is O=C([CH]Cc1ccccc1)COc1ccccc1[N+](=O)[O-]. The van der Waals surface area contributed by atoms with Gasteiger partial charge in [0.05, 0.1) is 4.92 Å². The van der Waals surface area contributed by atoms with Gasteiger partial charge in [0.25, 0.3) is 0 Å². The number of ketones is 1. The number of para-hydroxylation sites is 2. The van der Waals surface area contributed by atoms with E-state index in [2.05, 4.69) is 0 Å². The van der Waals surface area contributed by atoms with E-state index in [1.165, 1.54) is 18.6 Å². The van der Waals surface area contributed by atoms with Crippen LogP contribution < -0.4 is 4.74 Å².